The first-order chi connectivity index (χ1) is 13.7. The van der Waals surface area contributed by atoms with Gasteiger partial charge in [0.1, 0.15) is 0 Å². The average Bonchev–Trinajstić information content (AvgIpc) is 3.51. The molecule has 164 valence electrons. The molecule has 3 heterocycles. The molecule has 1 aliphatic carbocycles. The van der Waals surface area contributed by atoms with Crippen molar-refractivity contribution in [2.24, 2.45) is 11.1 Å². The summed E-state index contributed by atoms with van der Waals surface area (Å²) >= 11 is 0. The SMILES string of the molecule is CCCn1c(=O)[nH]c(=O)c2c(C(=O)N3CCC(N)C(C)(C)C3)cc(C3CC3)nc21.Cl. The van der Waals surface area contributed by atoms with Gasteiger partial charge < -0.3 is 10.6 Å². The summed E-state index contributed by atoms with van der Waals surface area (Å²) in [6, 6.07) is 1.79. The van der Waals surface area contributed by atoms with Gasteiger partial charge >= 0.3 is 5.69 Å². The molecular weight excluding hydrogens is 406 g/mol. The number of hydrogen-bond acceptors (Lipinski definition) is 5. The van der Waals surface area contributed by atoms with Crippen LogP contribution in [0.4, 0.5) is 0 Å². The van der Waals surface area contributed by atoms with Crippen LogP contribution in [-0.4, -0.2) is 44.5 Å². The van der Waals surface area contributed by atoms with Crippen LogP contribution in [0.15, 0.2) is 15.7 Å². The maximum atomic E-state index is 13.5. The molecule has 1 atom stereocenters. The summed E-state index contributed by atoms with van der Waals surface area (Å²) < 4.78 is 1.48. The topological polar surface area (TPSA) is 114 Å². The van der Waals surface area contributed by atoms with Crippen molar-refractivity contribution in [3.63, 3.8) is 0 Å². The van der Waals surface area contributed by atoms with Crippen LogP contribution in [0.2, 0.25) is 0 Å². The average molecular weight is 436 g/mol. The number of H-pyrrole nitrogens is 1. The molecule has 0 bridgehead atoms. The predicted molar refractivity (Wildman–Crippen MR) is 118 cm³/mol. The first-order valence-corrected chi connectivity index (χ1v) is 10.5. The Kier molecular flexibility index (Phi) is 6.11. The summed E-state index contributed by atoms with van der Waals surface area (Å²) in [6.07, 6.45) is 3.46. The van der Waals surface area contributed by atoms with Gasteiger partial charge in [0.2, 0.25) is 0 Å². The minimum atomic E-state index is -0.552. The second-order valence-electron chi connectivity index (χ2n) is 9.09. The Labute approximate surface area is 181 Å². The number of likely N-dealkylation sites (tertiary alicyclic amines) is 1. The van der Waals surface area contributed by atoms with Crippen LogP contribution in [0.3, 0.4) is 0 Å². The maximum absolute atomic E-state index is 13.5. The number of nitrogens with two attached hydrogens (primary N) is 1. The minimum absolute atomic E-state index is 0. The zero-order valence-corrected chi connectivity index (χ0v) is 18.6. The zero-order valence-electron chi connectivity index (χ0n) is 17.7. The molecule has 9 heteroatoms. The molecule has 2 fully saturated rings. The van der Waals surface area contributed by atoms with E-state index >= 15 is 0 Å². The van der Waals surface area contributed by atoms with Crippen LogP contribution in [0.5, 0.6) is 0 Å². The number of nitrogens with one attached hydrogen (secondary N) is 1. The smallest absolute Gasteiger partial charge is 0.329 e. The Morgan fingerprint density at radius 2 is 2.00 bits per heavy atom. The Morgan fingerprint density at radius 1 is 1.30 bits per heavy atom. The monoisotopic (exact) mass is 435 g/mol. The highest BCUT2D eigenvalue weighted by Gasteiger charge is 2.37. The summed E-state index contributed by atoms with van der Waals surface area (Å²) in [7, 11) is 0. The van der Waals surface area contributed by atoms with E-state index in [1.807, 2.05) is 6.92 Å². The third kappa shape index (κ3) is 3.90. The van der Waals surface area contributed by atoms with Crippen LogP contribution >= 0.6 is 12.4 Å². The summed E-state index contributed by atoms with van der Waals surface area (Å²) in [6.45, 7) is 7.60. The number of aromatic nitrogens is 3. The number of amides is 1. The van der Waals surface area contributed by atoms with E-state index in [4.69, 9.17) is 5.73 Å². The van der Waals surface area contributed by atoms with Crippen LogP contribution in [0.1, 0.15) is 68.4 Å². The number of carbonyl (C=O) groups excluding carboxylic acids is 1. The van der Waals surface area contributed by atoms with Crippen LogP contribution in [-0.2, 0) is 6.54 Å². The first kappa shape index (κ1) is 22.5. The molecule has 1 saturated heterocycles. The molecule has 0 radical (unpaired) electrons. The van der Waals surface area contributed by atoms with Gasteiger partial charge in [0.05, 0.1) is 10.9 Å². The standard InChI is InChI=1S/C21H29N5O3.ClH/c1-4-8-26-17-16(18(27)24-20(26)29)13(10-14(23-17)12-5-6-12)19(28)25-9-7-15(22)21(2,3)11-25;/h10,12,15H,4-9,11,22H2,1-3H3,(H,24,27,29);1H. The number of piperidine rings is 1. The van der Waals surface area contributed by atoms with Gasteiger partial charge in [-0.25, -0.2) is 9.78 Å². The third-order valence-electron chi connectivity index (χ3n) is 6.24. The Morgan fingerprint density at radius 3 is 2.60 bits per heavy atom. The first-order valence-electron chi connectivity index (χ1n) is 10.5. The van der Waals surface area contributed by atoms with Crippen LogP contribution in [0.25, 0.3) is 11.0 Å². The van der Waals surface area contributed by atoms with Gasteiger partial charge in [-0.15, -0.1) is 12.4 Å². The van der Waals surface area contributed by atoms with E-state index in [0.717, 1.165) is 25.0 Å². The molecule has 1 amide bonds. The van der Waals surface area contributed by atoms with Crippen molar-refractivity contribution in [3.8, 4) is 0 Å². The van der Waals surface area contributed by atoms with Crippen LogP contribution < -0.4 is 17.0 Å². The predicted octanol–water partition coefficient (Wildman–Crippen LogP) is 1.99. The van der Waals surface area contributed by atoms with E-state index < -0.39 is 11.2 Å². The summed E-state index contributed by atoms with van der Waals surface area (Å²) in [4.78, 5) is 47.5. The number of nitrogens with zero attached hydrogens (tertiary/aromatic N) is 3. The van der Waals surface area contributed by atoms with E-state index in [-0.39, 0.29) is 35.2 Å². The minimum Gasteiger partial charge on any atom is -0.338 e. The van der Waals surface area contributed by atoms with Gasteiger partial charge in [0.15, 0.2) is 5.65 Å². The molecular formula is C21H30ClN5O3. The van der Waals surface area contributed by atoms with Gasteiger partial charge in [-0.2, -0.15) is 0 Å². The molecule has 30 heavy (non-hydrogen) atoms. The normalized spacial score (nSPS) is 20.8. The highest BCUT2D eigenvalue weighted by atomic mass is 35.5. The van der Waals surface area contributed by atoms with Gasteiger partial charge in [-0.05, 0) is 37.2 Å². The molecule has 4 rings (SSSR count). The van der Waals surface area contributed by atoms with Gasteiger partial charge in [0, 0.05) is 37.3 Å². The Balaban J connectivity index is 0.00000256. The molecule has 1 unspecified atom stereocenters. The molecule has 0 aromatic carbocycles. The summed E-state index contributed by atoms with van der Waals surface area (Å²) in [5.41, 5.74) is 6.45. The summed E-state index contributed by atoms with van der Waals surface area (Å²) in [5.74, 6) is 0.105. The summed E-state index contributed by atoms with van der Waals surface area (Å²) in [5, 5.41) is 0.208. The van der Waals surface area contributed by atoms with Gasteiger partial charge in [0.25, 0.3) is 11.5 Å². The number of halogens is 1. The quantitative estimate of drug-likeness (QED) is 0.762. The van der Waals surface area contributed by atoms with E-state index in [1.165, 1.54) is 4.57 Å². The molecule has 1 saturated carbocycles. The molecule has 0 spiro atoms. The lowest BCUT2D eigenvalue weighted by atomic mass is 9.79. The number of aryl methyl sites for hydroxylation is 1. The number of aromatic amines is 1. The van der Waals surface area contributed by atoms with Crippen LogP contribution in [0, 0.1) is 5.41 Å². The lowest BCUT2D eigenvalue weighted by Crippen LogP contribution is -2.54. The fraction of sp³-hybridized carbons (Fsp3) is 0.619. The molecule has 2 aromatic heterocycles. The van der Waals surface area contributed by atoms with E-state index in [0.29, 0.717) is 43.2 Å². The number of carbonyl (C=O) groups is 1. The fourth-order valence-corrected chi connectivity index (χ4v) is 4.20. The maximum Gasteiger partial charge on any atom is 0.329 e. The van der Waals surface area contributed by atoms with Crippen molar-refractivity contribution in [2.45, 2.75) is 65.0 Å². The number of fused-ring (bicyclic) bond motifs is 1. The van der Waals surface area contributed by atoms with E-state index in [1.54, 1.807) is 11.0 Å². The molecule has 8 nitrogen and oxygen atoms in total. The van der Waals surface area contributed by atoms with Crippen molar-refractivity contribution < 1.29 is 4.79 Å². The van der Waals surface area contributed by atoms with E-state index in [2.05, 4.69) is 23.8 Å². The van der Waals surface area contributed by atoms with Gasteiger partial charge in [-0.1, -0.05) is 20.8 Å². The van der Waals surface area contributed by atoms with Crippen molar-refractivity contribution in [3.05, 3.63) is 38.2 Å². The molecule has 2 aliphatic rings. The lowest BCUT2D eigenvalue weighted by molar-refractivity contribution is 0.0534. The molecule has 1 aliphatic heterocycles. The molecule has 2 aromatic rings. The number of pyridine rings is 1. The molecule has 3 N–H and O–H groups in total. The Bertz CT molecular complexity index is 1090. The number of rotatable bonds is 4. The fourth-order valence-electron chi connectivity index (χ4n) is 4.20. The number of hydrogen-bond donors (Lipinski definition) is 2. The largest absolute Gasteiger partial charge is 0.338 e. The third-order valence-corrected chi connectivity index (χ3v) is 6.24. The van der Waals surface area contributed by atoms with E-state index in [9.17, 15) is 14.4 Å². The van der Waals surface area contributed by atoms with Crippen molar-refractivity contribution in [1.82, 2.24) is 19.4 Å². The lowest BCUT2D eigenvalue weighted by Gasteiger charge is -2.42. The van der Waals surface area contributed by atoms with Crippen molar-refractivity contribution >= 4 is 29.3 Å². The zero-order chi connectivity index (χ0) is 20.9. The highest BCUT2D eigenvalue weighted by Crippen LogP contribution is 2.40. The Hall–Kier alpha value is -2.19. The van der Waals surface area contributed by atoms with Crippen molar-refractivity contribution in [2.75, 3.05) is 13.1 Å². The second kappa shape index (κ2) is 8.15. The van der Waals surface area contributed by atoms with Crippen molar-refractivity contribution in [1.29, 1.82) is 0 Å². The second-order valence-corrected chi connectivity index (χ2v) is 9.09. The highest BCUT2D eigenvalue weighted by molar-refractivity contribution is 6.05. The van der Waals surface area contributed by atoms with Gasteiger partial charge in [-0.3, -0.25) is 19.1 Å².